The van der Waals surface area contributed by atoms with Gasteiger partial charge in [-0.05, 0) is 34.7 Å². The van der Waals surface area contributed by atoms with E-state index in [9.17, 15) is 4.79 Å². The van der Waals surface area contributed by atoms with Crippen molar-refractivity contribution in [2.75, 3.05) is 0 Å². The first kappa shape index (κ1) is 19.6. The quantitative estimate of drug-likeness (QED) is 0.348. The molecule has 1 heterocycles. The van der Waals surface area contributed by atoms with Crippen molar-refractivity contribution < 1.29 is 4.79 Å². The van der Waals surface area contributed by atoms with E-state index in [4.69, 9.17) is 0 Å². The van der Waals surface area contributed by atoms with E-state index >= 15 is 0 Å². The van der Waals surface area contributed by atoms with Crippen LogP contribution in [-0.2, 0) is 6.42 Å². The van der Waals surface area contributed by atoms with Crippen LogP contribution in [0.4, 0.5) is 0 Å². The second kappa shape index (κ2) is 8.74. The third-order valence-electron chi connectivity index (χ3n) is 4.91. The fourth-order valence-electron chi connectivity index (χ4n) is 3.45. The number of carbonyl (C=O) groups is 1. The third-order valence-corrected chi connectivity index (χ3v) is 4.91. The van der Waals surface area contributed by atoms with E-state index in [1.54, 1.807) is 12.3 Å². The minimum Gasteiger partial charge on any atom is -0.272 e. The van der Waals surface area contributed by atoms with Crippen molar-refractivity contribution in [3.05, 3.63) is 89.6 Å². The van der Waals surface area contributed by atoms with Gasteiger partial charge in [-0.15, -0.1) is 0 Å². The molecule has 0 aliphatic rings. The lowest BCUT2D eigenvalue weighted by Gasteiger charge is -2.05. The molecule has 0 aliphatic carbocycles. The molecule has 1 aromatic heterocycles. The molecule has 0 radical (unpaired) electrons. The fraction of sp³-hybridized carbons (Fsp3) is 0.160. The summed E-state index contributed by atoms with van der Waals surface area (Å²) in [5, 5.41) is 13.4. The van der Waals surface area contributed by atoms with E-state index < -0.39 is 0 Å². The number of rotatable bonds is 6. The standard InChI is InChI=1S/C25H24N4O/c1-17(2)14-18-10-12-20(13-11-18)23-15-24(28-27-23)25(30)29-26-16-21-8-5-7-19-6-3-4-9-22(19)21/h3-13,15-17H,14H2,1-2H3,(H,27,28)(H,29,30)/b26-16-. The summed E-state index contributed by atoms with van der Waals surface area (Å²) >= 11 is 0. The molecule has 0 saturated heterocycles. The van der Waals surface area contributed by atoms with Gasteiger partial charge in [-0.3, -0.25) is 9.89 Å². The Morgan fingerprint density at radius 2 is 1.83 bits per heavy atom. The predicted octanol–water partition coefficient (Wildman–Crippen LogP) is 5.19. The zero-order valence-corrected chi connectivity index (χ0v) is 17.1. The summed E-state index contributed by atoms with van der Waals surface area (Å²) in [6, 6.07) is 24.1. The summed E-state index contributed by atoms with van der Waals surface area (Å²) < 4.78 is 0. The van der Waals surface area contributed by atoms with Gasteiger partial charge in [-0.25, -0.2) is 5.43 Å². The highest BCUT2D eigenvalue weighted by atomic mass is 16.2. The lowest BCUT2D eigenvalue weighted by molar-refractivity contribution is 0.0950. The number of nitrogens with zero attached hydrogens (tertiary/aromatic N) is 2. The monoisotopic (exact) mass is 396 g/mol. The van der Waals surface area contributed by atoms with E-state index in [1.165, 1.54) is 5.56 Å². The second-order valence-corrected chi connectivity index (χ2v) is 7.73. The van der Waals surface area contributed by atoms with Crippen LogP contribution < -0.4 is 5.43 Å². The van der Waals surface area contributed by atoms with Gasteiger partial charge in [0.1, 0.15) is 5.69 Å². The zero-order chi connectivity index (χ0) is 20.9. The first-order valence-electron chi connectivity index (χ1n) is 10.1. The fourth-order valence-corrected chi connectivity index (χ4v) is 3.45. The molecule has 4 aromatic rings. The van der Waals surface area contributed by atoms with Gasteiger partial charge < -0.3 is 0 Å². The van der Waals surface area contributed by atoms with Crippen LogP contribution in [0.15, 0.2) is 77.9 Å². The normalized spacial score (nSPS) is 11.4. The van der Waals surface area contributed by atoms with Crippen molar-refractivity contribution in [1.29, 1.82) is 0 Å². The average Bonchev–Trinajstić information content (AvgIpc) is 3.24. The number of benzene rings is 3. The van der Waals surface area contributed by atoms with Gasteiger partial charge in [0.05, 0.1) is 11.9 Å². The van der Waals surface area contributed by atoms with Crippen LogP contribution in [-0.4, -0.2) is 22.3 Å². The molecule has 0 aliphatic heterocycles. The summed E-state index contributed by atoms with van der Waals surface area (Å²) in [7, 11) is 0. The highest BCUT2D eigenvalue weighted by molar-refractivity contribution is 6.00. The number of nitrogens with one attached hydrogen (secondary N) is 2. The van der Waals surface area contributed by atoms with Crippen LogP contribution in [0.25, 0.3) is 22.0 Å². The summed E-state index contributed by atoms with van der Waals surface area (Å²) in [5.41, 5.74) is 6.88. The van der Waals surface area contributed by atoms with Crippen molar-refractivity contribution in [3.8, 4) is 11.3 Å². The molecule has 30 heavy (non-hydrogen) atoms. The Bertz CT molecular complexity index is 1180. The Kier molecular flexibility index (Phi) is 5.70. The van der Waals surface area contributed by atoms with Crippen LogP contribution in [0.2, 0.25) is 0 Å². The zero-order valence-electron chi connectivity index (χ0n) is 17.1. The number of aromatic amines is 1. The number of hydrazone groups is 1. The highest BCUT2D eigenvalue weighted by Gasteiger charge is 2.10. The summed E-state index contributed by atoms with van der Waals surface area (Å²) in [6.45, 7) is 4.41. The molecule has 2 N–H and O–H groups in total. The van der Waals surface area contributed by atoms with Gasteiger partial charge in [0.25, 0.3) is 5.91 Å². The van der Waals surface area contributed by atoms with Crippen LogP contribution >= 0.6 is 0 Å². The number of carbonyl (C=O) groups excluding carboxylic acids is 1. The lowest BCUT2D eigenvalue weighted by atomic mass is 10.0. The Balaban J connectivity index is 1.43. The van der Waals surface area contributed by atoms with Crippen molar-refractivity contribution >= 4 is 22.9 Å². The summed E-state index contributed by atoms with van der Waals surface area (Å²) in [4.78, 5) is 12.4. The molecule has 3 aromatic carbocycles. The van der Waals surface area contributed by atoms with Crippen LogP contribution in [0, 0.1) is 5.92 Å². The predicted molar refractivity (Wildman–Crippen MR) is 122 cm³/mol. The van der Waals surface area contributed by atoms with Gasteiger partial charge in [0.15, 0.2) is 0 Å². The number of aromatic nitrogens is 2. The summed E-state index contributed by atoms with van der Waals surface area (Å²) in [5.74, 6) is 0.285. The summed E-state index contributed by atoms with van der Waals surface area (Å²) in [6.07, 6.45) is 2.70. The van der Waals surface area contributed by atoms with E-state index in [-0.39, 0.29) is 5.91 Å². The van der Waals surface area contributed by atoms with Gasteiger partial charge in [-0.2, -0.15) is 10.2 Å². The Hall–Kier alpha value is -3.73. The van der Waals surface area contributed by atoms with Gasteiger partial charge in [0, 0.05) is 11.1 Å². The molecule has 5 nitrogen and oxygen atoms in total. The lowest BCUT2D eigenvalue weighted by Crippen LogP contribution is -2.18. The number of amides is 1. The van der Waals surface area contributed by atoms with E-state index in [0.717, 1.165) is 34.0 Å². The average molecular weight is 396 g/mol. The smallest absolute Gasteiger partial charge is 0.272 e. The molecule has 4 rings (SSSR count). The molecule has 1 amide bonds. The molecule has 0 spiro atoms. The van der Waals surface area contributed by atoms with Gasteiger partial charge in [-0.1, -0.05) is 80.6 Å². The molecule has 0 fully saturated rings. The number of fused-ring (bicyclic) bond motifs is 1. The molecule has 0 saturated carbocycles. The SMILES string of the molecule is CC(C)Cc1ccc(-c2cc(C(=O)N/N=C\c3cccc4ccccc34)[nH]n2)cc1. The third kappa shape index (κ3) is 4.46. The highest BCUT2D eigenvalue weighted by Crippen LogP contribution is 2.20. The molecule has 5 heteroatoms. The minimum absolute atomic E-state index is 0.332. The Morgan fingerprint density at radius 1 is 1.07 bits per heavy atom. The maximum absolute atomic E-state index is 12.4. The molecular weight excluding hydrogens is 372 g/mol. The number of hydrogen-bond acceptors (Lipinski definition) is 3. The van der Waals surface area contributed by atoms with Gasteiger partial charge >= 0.3 is 0 Å². The Morgan fingerprint density at radius 3 is 2.63 bits per heavy atom. The van der Waals surface area contributed by atoms with Crippen LogP contribution in [0.1, 0.15) is 35.5 Å². The number of H-pyrrole nitrogens is 1. The van der Waals surface area contributed by atoms with E-state index in [1.807, 2.05) is 54.6 Å². The maximum atomic E-state index is 12.4. The van der Waals surface area contributed by atoms with Crippen molar-refractivity contribution in [1.82, 2.24) is 15.6 Å². The van der Waals surface area contributed by atoms with Gasteiger partial charge in [0.2, 0.25) is 0 Å². The molecule has 0 unspecified atom stereocenters. The van der Waals surface area contributed by atoms with Crippen LogP contribution in [0.5, 0.6) is 0 Å². The largest absolute Gasteiger partial charge is 0.289 e. The van der Waals surface area contributed by atoms with Crippen molar-refractivity contribution in [2.24, 2.45) is 11.0 Å². The second-order valence-electron chi connectivity index (χ2n) is 7.73. The first-order valence-corrected chi connectivity index (χ1v) is 10.1. The minimum atomic E-state index is -0.332. The first-order chi connectivity index (χ1) is 14.6. The van der Waals surface area contributed by atoms with Crippen molar-refractivity contribution in [2.45, 2.75) is 20.3 Å². The molecule has 0 atom stereocenters. The molecule has 0 bridgehead atoms. The van der Waals surface area contributed by atoms with E-state index in [2.05, 4.69) is 46.7 Å². The molecule has 150 valence electrons. The molecular formula is C25H24N4O. The Labute approximate surface area is 175 Å². The maximum Gasteiger partial charge on any atom is 0.289 e. The van der Waals surface area contributed by atoms with Crippen LogP contribution in [0.3, 0.4) is 0 Å². The number of hydrogen-bond donors (Lipinski definition) is 2. The van der Waals surface area contributed by atoms with E-state index in [0.29, 0.717) is 11.6 Å². The topological polar surface area (TPSA) is 70.1 Å². The van der Waals surface area contributed by atoms with Crippen molar-refractivity contribution in [3.63, 3.8) is 0 Å².